The van der Waals surface area contributed by atoms with E-state index in [4.69, 9.17) is 276 Å². The van der Waals surface area contributed by atoms with Gasteiger partial charge in [0, 0.05) is 520 Å². The fraction of sp³-hybridized carbons (Fsp3) is 0.333. The van der Waals surface area contributed by atoms with Gasteiger partial charge in [0.15, 0.2) is 0 Å². The van der Waals surface area contributed by atoms with Crippen LogP contribution in [-0.4, -0.2) is 520 Å². The van der Waals surface area contributed by atoms with Crippen LogP contribution in [0.4, 0.5) is 5.69 Å². The van der Waals surface area contributed by atoms with Crippen LogP contribution in [0.25, 0.3) is 0 Å². The Morgan fingerprint density at radius 2 is 0.544 bits per heavy atom. The molecule has 1 N–H and O–H groups in total. The molecule has 90 heavy (non-hydrogen) atoms. The van der Waals surface area contributed by atoms with Gasteiger partial charge < -0.3 is 10.1 Å². The number of anilines is 1. The molecule has 0 amide bonds. The molecule has 1 aliphatic heterocycles. The van der Waals surface area contributed by atoms with Crippen LogP contribution in [0.5, 0.6) is 0 Å². The molecule has 0 spiro atoms. The van der Waals surface area contributed by atoms with Crippen molar-refractivity contribution in [2.75, 3.05) is 31.6 Å². The van der Waals surface area contributed by atoms with Crippen molar-refractivity contribution in [3.63, 3.8) is 0 Å². The zero-order chi connectivity index (χ0) is 69.1. The van der Waals surface area contributed by atoms with Crippen LogP contribution in [0.3, 0.4) is 0 Å². The second kappa shape index (κ2) is 43.4. The van der Waals surface area contributed by atoms with E-state index in [1.807, 2.05) is 6.07 Å². The highest BCUT2D eigenvalue weighted by molar-refractivity contribution is 8.39. The first-order chi connectivity index (χ1) is 41.8. The van der Waals surface area contributed by atoms with Gasteiger partial charge in [-0.1, -0.05) is 42.5 Å². The molecule has 1 aliphatic rings. The van der Waals surface area contributed by atoms with E-state index in [1.165, 1.54) is 16.8 Å². The van der Waals surface area contributed by atoms with E-state index < -0.39 is 211 Å². The first kappa shape index (κ1) is 88.7. The Morgan fingerprint density at radius 1 is 0.300 bits per heavy atom. The van der Waals surface area contributed by atoms with Crippen molar-refractivity contribution in [2.45, 2.75) is 13.1 Å². The first-order valence-corrected chi connectivity index (χ1v) is 30.2. The van der Waals surface area contributed by atoms with E-state index in [9.17, 15) is 0 Å². The Kier molecular flexibility index (Phi) is 42.8. The fourth-order valence-electron chi connectivity index (χ4n) is 14.6. The van der Waals surface area contributed by atoms with Gasteiger partial charge in [0.2, 0.25) is 0 Å². The fourth-order valence-corrected chi connectivity index (χ4v) is 14.6. The van der Waals surface area contributed by atoms with Crippen LogP contribution in [0, 0.1) is 0 Å². The summed E-state index contributed by atoms with van der Waals surface area (Å²) in [6.07, 6.45) is -50.2. The van der Waals surface area contributed by atoms with Gasteiger partial charge >= 0.3 is 0 Å². The van der Waals surface area contributed by atoms with Gasteiger partial charge in [0.1, 0.15) is 0 Å². The van der Waals surface area contributed by atoms with E-state index in [1.54, 1.807) is 0 Å². The van der Waals surface area contributed by atoms with Crippen LogP contribution in [0.15, 0.2) is 54.6 Å². The van der Waals surface area contributed by atoms with Crippen molar-refractivity contribution in [1.29, 1.82) is 0 Å². The monoisotopic (exact) mass is 1040 g/mol. The average molecular weight is 1030 g/mol. The van der Waals surface area contributed by atoms with Crippen molar-refractivity contribution in [3.8, 4) is 0 Å². The van der Waals surface area contributed by atoms with Gasteiger partial charge in [0.25, 0.3) is 0 Å². The molecule has 3 rings (SSSR count). The molecule has 2 aromatic rings. The summed E-state index contributed by atoms with van der Waals surface area (Å²) >= 11 is 0. The maximum atomic E-state index is 6.82. The van der Waals surface area contributed by atoms with Crippen LogP contribution in [0.2, 0.25) is 0 Å². The summed E-state index contributed by atoms with van der Waals surface area (Å²) in [7, 11) is 236. The summed E-state index contributed by atoms with van der Waals surface area (Å²) in [5.41, 5.74) is 3.83. The van der Waals surface area contributed by atoms with Crippen LogP contribution in [0.1, 0.15) is 11.1 Å². The SMILES string of the molecule is [B][B]B(B([B])[B])B(B(B([B])[B])B([B])[B])B(B(B([B])[B])B([B])[B])B(B(B(B([B])[B])B([B])[B])B(B([B])[B])B([B])[B])B(B(B(B([B])[B])B([B])[B])B(B([B])[B])B([B])[B])B(B(B([B])[B])B([B])[B])B(B([B])[B])B([B])[B].c1ccc(CNc2ccc(CN3CCOCC3)cc2)cc1. The van der Waals surface area contributed by atoms with Crippen molar-refractivity contribution < 1.29 is 4.74 Å². The van der Waals surface area contributed by atoms with Gasteiger partial charge in [-0.2, -0.15) is 0 Å². The minimum Gasteiger partial charge on any atom is -0.381 e. The molecule has 0 atom stereocenters. The number of hydrogen-bond acceptors (Lipinski definition) is 3. The van der Waals surface area contributed by atoms with Crippen LogP contribution < -0.4 is 5.32 Å². The molecular formula is C18H22B69N2O. The maximum Gasteiger partial charge on any atom is 0.0594 e. The van der Waals surface area contributed by atoms with E-state index >= 15 is 0 Å². The molecule has 71 radical (unpaired) electrons. The van der Waals surface area contributed by atoms with E-state index in [0.717, 1.165) is 46.5 Å². The smallest absolute Gasteiger partial charge is 0.0594 e. The molecule has 3 nitrogen and oxygen atoms in total. The highest BCUT2D eigenvalue weighted by Gasteiger charge is 2.64. The molecule has 72 heteroatoms. The minimum atomic E-state index is -1.68. The average Bonchev–Trinajstić information content (AvgIpc) is 0.731. The molecule has 0 aromatic heterocycles. The van der Waals surface area contributed by atoms with Crippen molar-refractivity contribution in [1.82, 2.24) is 4.90 Å². The van der Waals surface area contributed by atoms with Crippen molar-refractivity contribution in [2.24, 2.45) is 0 Å². The predicted molar refractivity (Wildman–Crippen MR) is 483 cm³/mol. The van der Waals surface area contributed by atoms with Crippen molar-refractivity contribution in [3.05, 3.63) is 65.7 Å². The van der Waals surface area contributed by atoms with Crippen LogP contribution >= 0.6 is 0 Å². The quantitative estimate of drug-likeness (QED) is 0.0679. The second-order valence-corrected chi connectivity index (χ2v) is 24.7. The lowest BCUT2D eigenvalue weighted by Crippen LogP contribution is -2.98. The Balaban J connectivity index is 0.00000108. The number of hydrogen-bond donors (Lipinski definition) is 1. The maximum absolute atomic E-state index is 6.82. The van der Waals surface area contributed by atoms with Gasteiger partial charge in [-0.15, -0.1) is 0 Å². The summed E-state index contributed by atoms with van der Waals surface area (Å²) < 4.78 is 5.38. The third-order valence-electron chi connectivity index (χ3n) is 18.2. The van der Waals surface area contributed by atoms with Gasteiger partial charge in [-0.25, -0.2) is 0 Å². The van der Waals surface area contributed by atoms with Gasteiger partial charge in [-0.05, 0) is 23.3 Å². The van der Waals surface area contributed by atoms with Gasteiger partial charge in [0.05, 0.1) is 13.2 Å². The van der Waals surface area contributed by atoms with E-state index in [2.05, 4.69) is 58.7 Å². The zero-order valence-corrected chi connectivity index (χ0v) is 52.1. The predicted octanol–water partition coefficient (Wildman–Crippen LogP) is -23.1. The molecule has 1 saturated heterocycles. The summed E-state index contributed by atoms with van der Waals surface area (Å²) in [6.45, 7) is 5.67. The van der Waals surface area contributed by atoms with E-state index in [0.29, 0.717) is 0 Å². The number of ether oxygens (including phenoxy) is 1. The normalized spacial score (nSPS) is 11.2. The summed E-state index contributed by atoms with van der Waals surface area (Å²) in [4.78, 5) is 2.44. The van der Waals surface area contributed by atoms with Crippen LogP contribution in [-0.2, 0) is 17.8 Å². The zero-order valence-electron chi connectivity index (χ0n) is 52.1. The summed E-state index contributed by atoms with van der Waals surface area (Å²) in [5, 5.41) is 3.46. The number of rotatable bonds is 38. The standard InChI is InChI=1S/C18H22N2O.B69/c1-2-4-16(5-3-1)14-19-18-8-6-17(7-9-18)15-20-10-12-21-13-11-20;1-36-54(37(2)3)63(55(38(4)5)39(6)7)67(62(52(32)33)53(34)35)69(66(60(48(24)25)49(26)27)61(50(28)29)51(30)31)68(64(56(40(8)9)41(10)11)57(42(12)13)43(14)15)65(58(44(16)17)45(18)19)59(46(20)21)47(22)23/h1-9,19H,10-15H2;. The first-order valence-electron chi connectivity index (χ1n) is 30.2. The molecular weight excluding hydrogens is 1010 g/mol. The topological polar surface area (TPSA) is 24.5 Å². The minimum absolute atomic E-state index is 0.858. The number of morpholine rings is 1. The van der Waals surface area contributed by atoms with Gasteiger partial charge in [-0.3, -0.25) is 4.90 Å². The summed E-state index contributed by atoms with van der Waals surface area (Å²) in [6, 6.07) is 19.2. The lowest BCUT2D eigenvalue weighted by Gasteiger charge is -2.60. The Labute approximate surface area is 608 Å². The van der Waals surface area contributed by atoms with E-state index in [-0.39, 0.29) is 0 Å². The third-order valence-corrected chi connectivity index (χ3v) is 18.2. The molecule has 2 aromatic carbocycles. The molecule has 0 saturated carbocycles. The molecule has 0 unspecified atom stereocenters. The Hall–Kier alpha value is 2.64. The molecule has 1 fully saturated rings. The second-order valence-electron chi connectivity index (χ2n) is 24.7. The number of nitrogens with zero attached hydrogens (tertiary/aromatic N) is 1. The molecule has 0 bridgehead atoms. The molecule has 0 aliphatic carbocycles. The summed E-state index contributed by atoms with van der Waals surface area (Å²) in [5.74, 6) is 0. The van der Waals surface area contributed by atoms with Crippen molar-refractivity contribution >= 4 is 494 Å². The highest BCUT2D eigenvalue weighted by atomic mass is 16.5. The molecule has 1 heterocycles. The largest absolute Gasteiger partial charge is 0.381 e. The Bertz CT molecular complexity index is 2010. The number of benzene rings is 2. The lowest BCUT2D eigenvalue weighted by atomic mass is 8.21. The Morgan fingerprint density at radius 3 is 0.789 bits per heavy atom. The lowest BCUT2D eigenvalue weighted by molar-refractivity contribution is 0.0342. The molecule has 317 valence electrons. The number of nitrogens with one attached hydrogen (secondary N) is 1. The highest BCUT2D eigenvalue weighted by Crippen LogP contribution is 2.26. The third kappa shape index (κ3) is 25.9.